The molecule has 0 atom stereocenters. The molecule has 2 aliphatic heterocycles. The predicted octanol–water partition coefficient (Wildman–Crippen LogP) is 1.82. The van der Waals surface area contributed by atoms with Gasteiger partial charge < -0.3 is 30.2 Å². The fraction of sp³-hybridized carbons (Fsp3) is 0.478. The fourth-order valence-corrected chi connectivity index (χ4v) is 3.74. The highest BCUT2D eigenvalue weighted by atomic mass is 16.5. The van der Waals surface area contributed by atoms with Crippen LogP contribution in [0.1, 0.15) is 11.4 Å². The lowest BCUT2D eigenvalue weighted by atomic mass is 10.2. The van der Waals surface area contributed by atoms with Crippen molar-refractivity contribution >= 4 is 29.5 Å². The third-order valence-corrected chi connectivity index (χ3v) is 5.62. The monoisotopic (exact) mass is 440 g/mol. The normalized spacial score (nSPS) is 17.6. The first-order valence-corrected chi connectivity index (χ1v) is 11.1. The topological polar surface area (TPSA) is 98.0 Å². The van der Waals surface area contributed by atoms with Gasteiger partial charge in [0.05, 0.1) is 33.5 Å². The average Bonchev–Trinajstić information content (AvgIpc) is 2.85. The number of nitrogens with two attached hydrogens (primary N) is 1. The number of methoxy groups -OCH3 is 1. The lowest BCUT2D eigenvalue weighted by molar-refractivity contribution is 0.0398. The second-order valence-corrected chi connectivity index (χ2v) is 7.75. The average molecular weight is 441 g/mol. The Kier molecular flexibility index (Phi) is 7.76. The van der Waals surface area contributed by atoms with Crippen LogP contribution in [-0.2, 0) is 9.47 Å². The molecular weight excluding hydrogens is 408 g/mol. The van der Waals surface area contributed by atoms with Crippen molar-refractivity contribution in [2.24, 2.45) is 0 Å². The van der Waals surface area contributed by atoms with Gasteiger partial charge in [0.15, 0.2) is 17.5 Å². The Morgan fingerprint density at radius 1 is 1.00 bits per heavy atom. The molecule has 32 heavy (non-hydrogen) atoms. The van der Waals surface area contributed by atoms with Gasteiger partial charge in [0.1, 0.15) is 11.4 Å². The number of hydrogen-bond donors (Lipinski definition) is 2. The number of nitrogens with zero attached hydrogens (tertiary/aromatic N) is 4. The molecule has 2 fully saturated rings. The summed E-state index contributed by atoms with van der Waals surface area (Å²) in [4.78, 5) is 14.0. The summed E-state index contributed by atoms with van der Waals surface area (Å²) in [6.07, 6.45) is 3.91. The number of rotatable bonds is 8. The number of benzene rings is 1. The minimum absolute atomic E-state index is 0.579. The summed E-state index contributed by atoms with van der Waals surface area (Å²) < 4.78 is 16.1. The van der Waals surface area contributed by atoms with Gasteiger partial charge in [-0.05, 0) is 23.8 Å². The molecule has 1 aromatic carbocycles. The van der Waals surface area contributed by atoms with E-state index < -0.39 is 0 Å². The van der Waals surface area contributed by atoms with Crippen LogP contribution in [0, 0.1) is 0 Å². The van der Waals surface area contributed by atoms with Gasteiger partial charge in [0.2, 0.25) is 0 Å². The van der Waals surface area contributed by atoms with Crippen molar-refractivity contribution in [3.63, 3.8) is 0 Å². The van der Waals surface area contributed by atoms with Gasteiger partial charge in [-0.1, -0.05) is 18.2 Å². The Hall–Kier alpha value is -2.88. The van der Waals surface area contributed by atoms with Gasteiger partial charge in [-0.25, -0.2) is 9.97 Å². The van der Waals surface area contributed by atoms with Crippen molar-refractivity contribution in [1.29, 1.82) is 0 Å². The molecule has 0 saturated carbocycles. The lowest BCUT2D eigenvalue weighted by Gasteiger charge is -2.29. The van der Waals surface area contributed by atoms with Crippen LogP contribution in [0.4, 0.5) is 17.3 Å². The van der Waals surface area contributed by atoms with Crippen LogP contribution >= 0.6 is 0 Å². The van der Waals surface area contributed by atoms with Crippen LogP contribution in [0.2, 0.25) is 0 Å². The van der Waals surface area contributed by atoms with Crippen LogP contribution in [0.5, 0.6) is 5.75 Å². The van der Waals surface area contributed by atoms with E-state index in [1.54, 1.807) is 7.11 Å². The first-order valence-electron chi connectivity index (χ1n) is 11.1. The highest BCUT2D eigenvalue weighted by Crippen LogP contribution is 2.28. The van der Waals surface area contributed by atoms with Gasteiger partial charge in [-0.3, -0.25) is 4.90 Å². The van der Waals surface area contributed by atoms with Gasteiger partial charge in [-0.2, -0.15) is 0 Å². The molecule has 2 saturated heterocycles. The smallest absolute Gasteiger partial charge is 0.158 e. The van der Waals surface area contributed by atoms with Crippen LogP contribution < -0.4 is 20.7 Å². The van der Waals surface area contributed by atoms with E-state index in [1.165, 1.54) is 0 Å². The molecule has 9 heteroatoms. The van der Waals surface area contributed by atoms with Gasteiger partial charge in [0.25, 0.3) is 0 Å². The summed E-state index contributed by atoms with van der Waals surface area (Å²) in [7, 11) is 1.66. The van der Waals surface area contributed by atoms with E-state index in [0.717, 1.165) is 69.6 Å². The predicted molar refractivity (Wildman–Crippen MR) is 127 cm³/mol. The maximum atomic E-state index is 6.50. The van der Waals surface area contributed by atoms with E-state index in [0.29, 0.717) is 30.5 Å². The highest BCUT2D eigenvalue weighted by Gasteiger charge is 2.19. The van der Waals surface area contributed by atoms with Crippen molar-refractivity contribution in [2.45, 2.75) is 0 Å². The molecule has 0 amide bonds. The number of ether oxygens (including phenoxy) is 3. The Morgan fingerprint density at radius 3 is 2.38 bits per heavy atom. The van der Waals surface area contributed by atoms with E-state index in [9.17, 15) is 0 Å². The summed E-state index contributed by atoms with van der Waals surface area (Å²) in [5.41, 5.74) is 8.12. The molecule has 0 spiro atoms. The largest absolute Gasteiger partial charge is 0.497 e. The Balaban J connectivity index is 1.52. The number of anilines is 3. The molecule has 9 nitrogen and oxygen atoms in total. The summed E-state index contributed by atoms with van der Waals surface area (Å²) in [6, 6.07) is 7.86. The van der Waals surface area contributed by atoms with Crippen molar-refractivity contribution < 1.29 is 14.2 Å². The van der Waals surface area contributed by atoms with E-state index in [4.69, 9.17) is 29.9 Å². The van der Waals surface area contributed by atoms with Crippen LogP contribution in [-0.4, -0.2) is 87.7 Å². The Bertz CT molecular complexity index is 893. The molecule has 4 rings (SSSR count). The van der Waals surface area contributed by atoms with Crippen molar-refractivity contribution in [2.75, 3.05) is 88.8 Å². The van der Waals surface area contributed by atoms with E-state index in [1.807, 2.05) is 36.4 Å². The SMILES string of the molecule is COc1ccc(C=Cc2nc(NCCN3CCOCC3)c(N)c(N3CCOCC3)n2)cc1. The van der Waals surface area contributed by atoms with Gasteiger partial charge in [0, 0.05) is 39.3 Å². The van der Waals surface area contributed by atoms with Crippen LogP contribution in [0.3, 0.4) is 0 Å². The first kappa shape index (κ1) is 22.3. The molecule has 1 aromatic heterocycles. The zero-order valence-corrected chi connectivity index (χ0v) is 18.6. The molecule has 3 heterocycles. The van der Waals surface area contributed by atoms with E-state index >= 15 is 0 Å². The summed E-state index contributed by atoms with van der Waals surface area (Å²) in [6.45, 7) is 8.01. The lowest BCUT2D eigenvalue weighted by Crippen LogP contribution is -2.39. The molecule has 0 aliphatic carbocycles. The number of hydrogen-bond acceptors (Lipinski definition) is 9. The van der Waals surface area contributed by atoms with E-state index in [-0.39, 0.29) is 0 Å². The number of aromatic nitrogens is 2. The standard InChI is InChI=1S/C23H32N6O3/c1-30-19-5-2-18(3-6-19)4-7-20-26-22(25-8-9-28-10-14-31-15-11-28)21(24)23(27-20)29-12-16-32-17-13-29/h2-7H,8-17,24H2,1H3,(H,25,26,27). The minimum atomic E-state index is 0.579. The zero-order valence-electron chi connectivity index (χ0n) is 18.6. The molecular formula is C23H32N6O3. The maximum absolute atomic E-state index is 6.50. The minimum Gasteiger partial charge on any atom is -0.497 e. The molecule has 2 aromatic rings. The van der Waals surface area contributed by atoms with Gasteiger partial charge in [-0.15, -0.1) is 0 Å². The quantitative estimate of drug-likeness (QED) is 0.637. The second-order valence-electron chi connectivity index (χ2n) is 7.75. The molecule has 172 valence electrons. The Morgan fingerprint density at radius 2 is 1.69 bits per heavy atom. The van der Waals surface area contributed by atoms with Crippen molar-refractivity contribution in [3.05, 3.63) is 35.7 Å². The summed E-state index contributed by atoms with van der Waals surface area (Å²) in [5, 5.41) is 3.43. The number of nitrogens with one attached hydrogen (secondary N) is 1. The van der Waals surface area contributed by atoms with Crippen molar-refractivity contribution in [3.8, 4) is 5.75 Å². The van der Waals surface area contributed by atoms with Gasteiger partial charge >= 0.3 is 0 Å². The van der Waals surface area contributed by atoms with E-state index in [2.05, 4.69) is 15.1 Å². The summed E-state index contributed by atoms with van der Waals surface area (Å²) >= 11 is 0. The third-order valence-electron chi connectivity index (χ3n) is 5.62. The highest BCUT2D eigenvalue weighted by molar-refractivity contribution is 5.78. The molecule has 2 aliphatic rings. The molecule has 0 unspecified atom stereocenters. The molecule has 3 N–H and O–H groups in total. The Labute approximate surface area is 189 Å². The number of morpholine rings is 2. The fourth-order valence-electron chi connectivity index (χ4n) is 3.74. The van der Waals surface area contributed by atoms with Crippen LogP contribution in [0.25, 0.3) is 12.2 Å². The maximum Gasteiger partial charge on any atom is 0.158 e. The third kappa shape index (κ3) is 5.87. The first-order chi connectivity index (χ1) is 15.7. The number of nitrogen functional groups attached to an aromatic ring is 1. The second kappa shape index (κ2) is 11.1. The zero-order chi connectivity index (χ0) is 22.2. The van der Waals surface area contributed by atoms with Crippen LogP contribution in [0.15, 0.2) is 24.3 Å². The van der Waals surface area contributed by atoms with Crippen molar-refractivity contribution in [1.82, 2.24) is 14.9 Å². The molecule has 0 radical (unpaired) electrons. The molecule has 0 bridgehead atoms. The summed E-state index contributed by atoms with van der Waals surface area (Å²) in [5.74, 6) is 2.87.